The summed E-state index contributed by atoms with van der Waals surface area (Å²) in [5.74, 6) is 1.52. The lowest BCUT2D eigenvalue weighted by Gasteiger charge is -2.37. The molecule has 3 aliphatic rings. The smallest absolute Gasteiger partial charge is 0.225 e. The molecule has 7 heteroatoms. The van der Waals surface area contributed by atoms with Crippen LogP contribution in [0.25, 0.3) is 0 Å². The Morgan fingerprint density at radius 1 is 1.09 bits per heavy atom. The van der Waals surface area contributed by atoms with E-state index in [-0.39, 0.29) is 29.4 Å². The predicted molar refractivity (Wildman–Crippen MR) is 131 cm³/mol. The van der Waals surface area contributed by atoms with Crippen LogP contribution in [0.2, 0.25) is 0 Å². The van der Waals surface area contributed by atoms with Gasteiger partial charge in [0.2, 0.25) is 17.8 Å². The molecule has 3 atom stereocenters. The minimum atomic E-state index is -0.350. The number of fused-ring (bicyclic) bond motifs is 1. The van der Waals surface area contributed by atoms with E-state index >= 15 is 0 Å². The number of piperidine rings is 1. The summed E-state index contributed by atoms with van der Waals surface area (Å²) in [6, 6.07) is 12.4. The van der Waals surface area contributed by atoms with Crippen LogP contribution in [0.15, 0.2) is 48.8 Å². The van der Waals surface area contributed by atoms with Crippen molar-refractivity contribution in [1.82, 2.24) is 20.2 Å². The summed E-state index contributed by atoms with van der Waals surface area (Å²) in [5, 5.41) is 3.29. The van der Waals surface area contributed by atoms with Crippen LogP contribution in [-0.2, 0) is 16.0 Å². The normalized spacial score (nSPS) is 27.7. The van der Waals surface area contributed by atoms with Gasteiger partial charge in [0.1, 0.15) is 0 Å². The van der Waals surface area contributed by atoms with E-state index in [1.807, 2.05) is 12.1 Å². The molecule has 0 bridgehead atoms. The Morgan fingerprint density at radius 3 is 2.56 bits per heavy atom. The van der Waals surface area contributed by atoms with Crippen molar-refractivity contribution in [1.29, 1.82) is 0 Å². The molecule has 2 amide bonds. The number of benzene rings is 1. The van der Waals surface area contributed by atoms with Gasteiger partial charge >= 0.3 is 0 Å². The van der Waals surface area contributed by atoms with Crippen LogP contribution in [0, 0.1) is 5.92 Å². The average Bonchev–Trinajstić information content (AvgIpc) is 3.02. The molecule has 34 heavy (non-hydrogen) atoms. The first-order chi connectivity index (χ1) is 16.5. The molecule has 180 valence electrons. The molecule has 3 saturated heterocycles. The van der Waals surface area contributed by atoms with E-state index in [0.29, 0.717) is 18.8 Å². The van der Waals surface area contributed by atoms with Gasteiger partial charge in [-0.25, -0.2) is 9.97 Å². The molecular formula is C27H35N5O2. The molecule has 5 rings (SSSR count). The summed E-state index contributed by atoms with van der Waals surface area (Å²) in [6.07, 6.45) is 10.00. The number of carbonyl (C=O) groups is 2. The number of anilines is 1. The van der Waals surface area contributed by atoms with Gasteiger partial charge in [0, 0.05) is 44.4 Å². The molecule has 2 aromatic rings. The number of hydrogen-bond acceptors (Lipinski definition) is 5. The lowest BCUT2D eigenvalue weighted by molar-refractivity contribution is -0.136. The van der Waals surface area contributed by atoms with E-state index in [1.54, 1.807) is 12.4 Å². The maximum absolute atomic E-state index is 13.8. The number of aromatic nitrogens is 2. The number of amides is 2. The molecule has 7 nitrogen and oxygen atoms in total. The molecule has 0 unspecified atom stereocenters. The summed E-state index contributed by atoms with van der Waals surface area (Å²) in [7, 11) is 0. The van der Waals surface area contributed by atoms with Crippen molar-refractivity contribution in [3.8, 4) is 0 Å². The monoisotopic (exact) mass is 461 g/mol. The molecular weight excluding hydrogens is 426 g/mol. The fraction of sp³-hybridized carbons (Fsp3) is 0.556. The molecule has 0 radical (unpaired) electrons. The van der Waals surface area contributed by atoms with Crippen LogP contribution >= 0.6 is 0 Å². The van der Waals surface area contributed by atoms with Gasteiger partial charge in [-0.2, -0.15) is 0 Å². The van der Waals surface area contributed by atoms with Gasteiger partial charge in [-0.1, -0.05) is 30.3 Å². The molecule has 1 aromatic heterocycles. The van der Waals surface area contributed by atoms with Gasteiger partial charge in [-0.3, -0.25) is 9.59 Å². The number of nitrogens with one attached hydrogen (secondary N) is 1. The van der Waals surface area contributed by atoms with Crippen molar-refractivity contribution >= 4 is 17.8 Å². The van der Waals surface area contributed by atoms with Crippen LogP contribution in [0.1, 0.15) is 57.4 Å². The Hall–Kier alpha value is -2.96. The largest absolute Gasteiger partial charge is 0.349 e. The SMILES string of the molecule is C[C@]12C[C@@H](Cc3ccccc3)N(C(=O)CC3CCN(c4ncccn4)CC3)[C@H]1CCCC(=O)N2. The standard InChI is InChI=1S/C27H35N5O2/c1-27-19-22(17-20-7-3-2-4-8-20)32(23(27)9-5-10-24(33)30-27)25(34)18-21-11-15-31(16-12-21)26-28-13-6-14-29-26/h2-4,6-8,13-14,21-23H,5,9-12,15-19H2,1H3,(H,30,33)/t22-,23+,27+/m1/s1. The quantitative estimate of drug-likeness (QED) is 0.739. The number of carbonyl (C=O) groups excluding carboxylic acids is 2. The Morgan fingerprint density at radius 2 is 1.82 bits per heavy atom. The number of nitrogens with zero attached hydrogens (tertiary/aromatic N) is 4. The first-order valence-corrected chi connectivity index (χ1v) is 12.7. The summed E-state index contributed by atoms with van der Waals surface area (Å²) >= 11 is 0. The molecule has 1 aromatic carbocycles. The highest BCUT2D eigenvalue weighted by Gasteiger charge is 2.52. The van der Waals surface area contributed by atoms with Crippen molar-refractivity contribution in [3.05, 3.63) is 54.4 Å². The Bertz CT molecular complexity index is 993. The Labute approximate surface area is 202 Å². The van der Waals surface area contributed by atoms with Crippen molar-refractivity contribution in [2.45, 2.75) is 75.9 Å². The first-order valence-electron chi connectivity index (χ1n) is 12.7. The van der Waals surface area contributed by atoms with E-state index in [9.17, 15) is 9.59 Å². The van der Waals surface area contributed by atoms with E-state index in [1.165, 1.54) is 5.56 Å². The number of hydrogen-bond donors (Lipinski definition) is 1. The topological polar surface area (TPSA) is 78.4 Å². The van der Waals surface area contributed by atoms with Gasteiger partial charge < -0.3 is 15.1 Å². The highest BCUT2D eigenvalue weighted by Crippen LogP contribution is 2.40. The van der Waals surface area contributed by atoms with Crippen LogP contribution in [0.4, 0.5) is 5.95 Å². The fourth-order valence-electron chi connectivity index (χ4n) is 6.29. The van der Waals surface area contributed by atoms with E-state index in [0.717, 1.165) is 57.6 Å². The molecule has 0 saturated carbocycles. The summed E-state index contributed by atoms with van der Waals surface area (Å²) in [6.45, 7) is 3.91. The molecule has 4 heterocycles. The molecule has 1 N–H and O–H groups in total. The number of likely N-dealkylation sites (tertiary alicyclic amines) is 1. The second kappa shape index (κ2) is 9.72. The fourth-order valence-corrected chi connectivity index (χ4v) is 6.29. The lowest BCUT2D eigenvalue weighted by atomic mass is 9.88. The molecule has 0 spiro atoms. The van der Waals surface area contributed by atoms with Gasteiger partial charge in [0.15, 0.2) is 0 Å². The summed E-state index contributed by atoms with van der Waals surface area (Å²) < 4.78 is 0. The zero-order valence-corrected chi connectivity index (χ0v) is 20.0. The van der Waals surface area contributed by atoms with Gasteiger partial charge in [-0.15, -0.1) is 0 Å². The second-order valence-electron chi connectivity index (χ2n) is 10.4. The Kier molecular flexibility index (Phi) is 6.53. The minimum Gasteiger partial charge on any atom is -0.349 e. The van der Waals surface area contributed by atoms with Crippen molar-refractivity contribution in [2.24, 2.45) is 5.92 Å². The maximum atomic E-state index is 13.8. The van der Waals surface area contributed by atoms with E-state index in [2.05, 4.69) is 56.3 Å². The highest BCUT2D eigenvalue weighted by atomic mass is 16.2. The third kappa shape index (κ3) is 4.79. The highest BCUT2D eigenvalue weighted by molar-refractivity contribution is 5.80. The zero-order chi connectivity index (χ0) is 23.5. The van der Waals surface area contributed by atoms with Gasteiger partial charge in [-0.05, 0) is 63.0 Å². The Balaban J connectivity index is 1.29. The van der Waals surface area contributed by atoms with Crippen molar-refractivity contribution in [3.63, 3.8) is 0 Å². The van der Waals surface area contributed by atoms with E-state index < -0.39 is 0 Å². The molecule has 3 fully saturated rings. The van der Waals surface area contributed by atoms with Crippen LogP contribution in [0.3, 0.4) is 0 Å². The third-order valence-electron chi connectivity index (χ3n) is 7.95. The van der Waals surface area contributed by atoms with Crippen LogP contribution < -0.4 is 10.2 Å². The van der Waals surface area contributed by atoms with Gasteiger partial charge in [0.25, 0.3) is 0 Å². The second-order valence-corrected chi connectivity index (χ2v) is 10.4. The van der Waals surface area contributed by atoms with Crippen molar-refractivity contribution < 1.29 is 9.59 Å². The molecule has 3 aliphatic heterocycles. The van der Waals surface area contributed by atoms with E-state index in [4.69, 9.17) is 0 Å². The first kappa shape index (κ1) is 22.8. The summed E-state index contributed by atoms with van der Waals surface area (Å²) in [4.78, 5) is 39.4. The predicted octanol–water partition coefficient (Wildman–Crippen LogP) is 3.35. The van der Waals surface area contributed by atoms with Crippen LogP contribution in [-0.4, -0.2) is 57.4 Å². The maximum Gasteiger partial charge on any atom is 0.225 e. The lowest BCUT2D eigenvalue weighted by Crippen LogP contribution is -2.54. The van der Waals surface area contributed by atoms with Gasteiger partial charge in [0.05, 0.1) is 11.6 Å². The van der Waals surface area contributed by atoms with Crippen LogP contribution in [0.5, 0.6) is 0 Å². The zero-order valence-electron chi connectivity index (χ0n) is 20.0. The third-order valence-corrected chi connectivity index (χ3v) is 7.95. The number of rotatable bonds is 5. The summed E-state index contributed by atoms with van der Waals surface area (Å²) in [5.41, 5.74) is 0.893. The minimum absolute atomic E-state index is 0.0676. The average molecular weight is 462 g/mol. The molecule has 0 aliphatic carbocycles. The van der Waals surface area contributed by atoms with Crippen molar-refractivity contribution in [2.75, 3.05) is 18.0 Å².